The van der Waals surface area contributed by atoms with Gasteiger partial charge in [-0.3, -0.25) is 9.69 Å². The van der Waals surface area contributed by atoms with Crippen LogP contribution in [0.25, 0.3) is 22.0 Å². The molecule has 2 N–H and O–H groups in total. The number of nitrogens with one attached hydrogen (secondary N) is 2. The third-order valence-corrected chi connectivity index (χ3v) is 8.15. The number of nitrogens with zero attached hydrogens (tertiary/aromatic N) is 4. The lowest BCUT2D eigenvalue weighted by Crippen LogP contribution is -2.44. The zero-order valence-corrected chi connectivity index (χ0v) is 25.3. The zero-order chi connectivity index (χ0) is 32.4. The van der Waals surface area contributed by atoms with Gasteiger partial charge in [-0.15, -0.1) is 0 Å². The first-order chi connectivity index (χ1) is 22.0. The number of halogens is 4. The summed E-state index contributed by atoms with van der Waals surface area (Å²) in [6, 6.07) is 20.7. The lowest BCUT2D eigenvalue weighted by Gasteiger charge is -2.33. The van der Waals surface area contributed by atoms with Crippen LogP contribution >= 0.6 is 0 Å². The second-order valence-electron chi connectivity index (χ2n) is 11.5. The molecule has 0 unspecified atom stereocenters. The van der Waals surface area contributed by atoms with Crippen LogP contribution in [0.2, 0.25) is 0 Å². The van der Waals surface area contributed by atoms with Crippen molar-refractivity contribution in [2.75, 3.05) is 43.9 Å². The molecule has 0 spiro atoms. The van der Waals surface area contributed by atoms with Crippen LogP contribution in [0.5, 0.6) is 0 Å². The van der Waals surface area contributed by atoms with Gasteiger partial charge in [0.15, 0.2) is 0 Å². The van der Waals surface area contributed by atoms with E-state index >= 15 is 0 Å². The van der Waals surface area contributed by atoms with Gasteiger partial charge >= 0.3 is 6.18 Å². The molecule has 0 atom stereocenters. The number of amides is 1. The summed E-state index contributed by atoms with van der Waals surface area (Å²) in [4.78, 5) is 26.4. The van der Waals surface area contributed by atoms with Gasteiger partial charge in [0.05, 0.1) is 11.1 Å². The van der Waals surface area contributed by atoms with Gasteiger partial charge in [0.1, 0.15) is 5.82 Å². The van der Waals surface area contributed by atoms with Gasteiger partial charge in [-0.05, 0) is 96.9 Å². The normalized spacial score (nSPS) is 14.4. The molecule has 6 rings (SSSR count). The van der Waals surface area contributed by atoms with E-state index in [2.05, 4.69) is 25.5 Å². The van der Waals surface area contributed by atoms with Crippen LogP contribution in [-0.2, 0) is 12.7 Å². The highest BCUT2D eigenvalue weighted by Crippen LogP contribution is 2.35. The molecule has 11 heteroatoms. The number of alkyl halides is 3. The maximum absolute atomic E-state index is 14.1. The van der Waals surface area contributed by atoms with Crippen molar-refractivity contribution < 1.29 is 22.4 Å². The van der Waals surface area contributed by atoms with Crippen molar-refractivity contribution in [1.29, 1.82) is 0 Å². The van der Waals surface area contributed by atoms with Gasteiger partial charge in [0.25, 0.3) is 5.91 Å². The number of fused-ring (bicyclic) bond motifs is 1. The molecule has 4 aromatic carbocycles. The quantitative estimate of drug-likeness (QED) is 0.182. The van der Waals surface area contributed by atoms with Gasteiger partial charge in [0, 0.05) is 61.2 Å². The number of hydrogen-bond donors (Lipinski definition) is 2. The third-order valence-electron chi connectivity index (χ3n) is 8.15. The number of piperazine rings is 1. The number of benzene rings is 4. The van der Waals surface area contributed by atoms with E-state index in [-0.39, 0.29) is 23.6 Å². The number of rotatable bonds is 7. The molecular formula is C35H32F4N6O. The second-order valence-corrected chi connectivity index (χ2v) is 11.5. The summed E-state index contributed by atoms with van der Waals surface area (Å²) < 4.78 is 55.4. The van der Waals surface area contributed by atoms with Gasteiger partial charge in [0.2, 0.25) is 5.95 Å². The lowest BCUT2D eigenvalue weighted by atomic mass is 9.96. The Bertz CT molecular complexity index is 1890. The van der Waals surface area contributed by atoms with Crippen molar-refractivity contribution in [2.24, 2.45) is 0 Å². The molecule has 0 radical (unpaired) electrons. The molecule has 0 saturated carbocycles. The van der Waals surface area contributed by atoms with Crippen molar-refractivity contribution in [3.63, 3.8) is 0 Å². The molecule has 0 bridgehead atoms. The van der Waals surface area contributed by atoms with E-state index in [0.29, 0.717) is 35.8 Å². The fourth-order valence-electron chi connectivity index (χ4n) is 5.50. The van der Waals surface area contributed by atoms with Crippen LogP contribution in [0.4, 0.5) is 34.9 Å². The van der Waals surface area contributed by atoms with Gasteiger partial charge in [-0.2, -0.15) is 13.2 Å². The zero-order valence-electron chi connectivity index (χ0n) is 25.3. The first kappa shape index (κ1) is 31.1. The molecule has 2 heterocycles. The van der Waals surface area contributed by atoms with Crippen LogP contribution < -0.4 is 10.6 Å². The Labute approximate surface area is 263 Å². The third kappa shape index (κ3) is 7.16. The van der Waals surface area contributed by atoms with Crippen molar-refractivity contribution >= 4 is 34.1 Å². The smallest absolute Gasteiger partial charge is 0.324 e. The van der Waals surface area contributed by atoms with E-state index < -0.39 is 17.6 Å². The summed E-state index contributed by atoms with van der Waals surface area (Å²) in [5.41, 5.74) is 3.70. The predicted octanol–water partition coefficient (Wildman–Crippen LogP) is 7.51. The maximum atomic E-state index is 14.1. The minimum Gasteiger partial charge on any atom is -0.324 e. The van der Waals surface area contributed by atoms with E-state index in [1.165, 1.54) is 24.3 Å². The summed E-state index contributed by atoms with van der Waals surface area (Å²) in [6.07, 6.45) is -2.88. The fraction of sp³-hybridized carbons (Fsp3) is 0.229. The Balaban J connectivity index is 1.20. The topological polar surface area (TPSA) is 73.4 Å². The van der Waals surface area contributed by atoms with Crippen LogP contribution in [0, 0.1) is 12.7 Å². The average molecular weight is 629 g/mol. The van der Waals surface area contributed by atoms with Crippen molar-refractivity contribution in [3.05, 3.63) is 113 Å². The SMILES string of the molecule is Cc1ccc(C(=O)Nc2ccc(CN3CCN(C)CC3)c(C(F)(F)F)c2)cc1-c1ccc2nc(Nc3ccc(F)cc3)ncc2c1. The molecule has 1 aliphatic heterocycles. The molecule has 1 amide bonds. The highest BCUT2D eigenvalue weighted by atomic mass is 19.4. The predicted molar refractivity (Wildman–Crippen MR) is 172 cm³/mol. The highest BCUT2D eigenvalue weighted by Gasteiger charge is 2.34. The molecular weight excluding hydrogens is 596 g/mol. The number of anilines is 3. The van der Waals surface area contributed by atoms with Crippen molar-refractivity contribution in [1.82, 2.24) is 19.8 Å². The number of likely N-dealkylation sites (N-methyl/N-ethyl adjacent to an activating group) is 1. The van der Waals surface area contributed by atoms with E-state index in [4.69, 9.17) is 0 Å². The fourth-order valence-corrected chi connectivity index (χ4v) is 5.50. The molecule has 1 fully saturated rings. The van der Waals surface area contributed by atoms with Crippen LogP contribution in [0.3, 0.4) is 0 Å². The largest absolute Gasteiger partial charge is 0.416 e. The summed E-state index contributed by atoms with van der Waals surface area (Å²) in [6.45, 7) is 5.11. The van der Waals surface area contributed by atoms with Crippen molar-refractivity contribution in [3.8, 4) is 11.1 Å². The van der Waals surface area contributed by atoms with Gasteiger partial charge < -0.3 is 15.5 Å². The van der Waals surface area contributed by atoms with Gasteiger partial charge in [-0.1, -0.05) is 18.2 Å². The Morgan fingerprint density at radius 3 is 2.37 bits per heavy atom. The summed E-state index contributed by atoms with van der Waals surface area (Å²) in [7, 11) is 2.00. The van der Waals surface area contributed by atoms with Crippen LogP contribution in [-0.4, -0.2) is 58.9 Å². The Morgan fingerprint density at radius 2 is 1.63 bits per heavy atom. The second kappa shape index (κ2) is 12.9. The molecule has 1 aromatic heterocycles. The summed E-state index contributed by atoms with van der Waals surface area (Å²) in [5, 5.41) is 6.48. The molecule has 1 saturated heterocycles. The average Bonchev–Trinajstić information content (AvgIpc) is 3.03. The Morgan fingerprint density at radius 1 is 0.891 bits per heavy atom. The van der Waals surface area contributed by atoms with Crippen molar-refractivity contribution in [2.45, 2.75) is 19.6 Å². The van der Waals surface area contributed by atoms with Gasteiger partial charge in [-0.25, -0.2) is 14.4 Å². The van der Waals surface area contributed by atoms with Crippen LogP contribution in [0.15, 0.2) is 85.1 Å². The Hall–Kier alpha value is -4.87. The molecule has 1 aliphatic rings. The first-order valence-electron chi connectivity index (χ1n) is 14.8. The monoisotopic (exact) mass is 628 g/mol. The number of carbonyl (C=O) groups excluding carboxylic acids is 1. The minimum atomic E-state index is -4.56. The number of aryl methyl sites for hydroxylation is 1. The molecule has 46 heavy (non-hydrogen) atoms. The molecule has 0 aliphatic carbocycles. The first-order valence-corrected chi connectivity index (χ1v) is 14.8. The summed E-state index contributed by atoms with van der Waals surface area (Å²) in [5.74, 6) is -0.486. The van der Waals surface area contributed by atoms with Crippen LogP contribution in [0.1, 0.15) is 27.0 Å². The van der Waals surface area contributed by atoms with E-state index in [1.54, 1.807) is 36.5 Å². The standard InChI is InChI=1S/C35H32F4N6O/c1-22-3-4-24(33(46)41-29-9-5-25(31(19-29)35(37,38)39)21-45-15-13-44(2)14-16-45)18-30(22)23-6-12-32-26(17-23)20-40-34(43-32)42-28-10-7-27(36)8-11-28/h3-12,17-20H,13-16,21H2,1-2H3,(H,41,46)(H,40,42,43). The minimum absolute atomic E-state index is 0.0782. The number of hydrogen-bond acceptors (Lipinski definition) is 6. The summed E-state index contributed by atoms with van der Waals surface area (Å²) >= 11 is 0. The number of aromatic nitrogens is 2. The lowest BCUT2D eigenvalue weighted by molar-refractivity contribution is -0.138. The molecule has 7 nitrogen and oxygen atoms in total. The van der Waals surface area contributed by atoms with E-state index in [1.807, 2.05) is 37.1 Å². The molecule has 236 valence electrons. The number of carbonyl (C=O) groups is 1. The molecule has 5 aromatic rings. The maximum Gasteiger partial charge on any atom is 0.416 e. The highest BCUT2D eigenvalue weighted by molar-refractivity contribution is 6.05. The Kier molecular flexibility index (Phi) is 8.70. The van der Waals surface area contributed by atoms with E-state index in [9.17, 15) is 22.4 Å². The van der Waals surface area contributed by atoms with E-state index in [0.717, 1.165) is 41.2 Å².